The van der Waals surface area contributed by atoms with E-state index < -0.39 is 6.10 Å². The van der Waals surface area contributed by atoms with Crippen molar-refractivity contribution in [2.24, 2.45) is 5.92 Å². The van der Waals surface area contributed by atoms with Crippen molar-refractivity contribution in [2.45, 2.75) is 51.2 Å². The largest absolute Gasteiger partial charge is 0.497 e. The van der Waals surface area contributed by atoms with Crippen molar-refractivity contribution in [3.63, 3.8) is 0 Å². The van der Waals surface area contributed by atoms with Crippen LogP contribution in [0, 0.1) is 5.92 Å². The summed E-state index contributed by atoms with van der Waals surface area (Å²) in [7, 11) is 1.65. The number of methoxy groups -OCH3 is 1. The summed E-state index contributed by atoms with van der Waals surface area (Å²) in [6.45, 7) is 2.86. The minimum atomic E-state index is -0.452. The maximum absolute atomic E-state index is 10.2. The second kappa shape index (κ2) is 7.65. The fourth-order valence-electron chi connectivity index (χ4n) is 3.04. The summed E-state index contributed by atoms with van der Waals surface area (Å²) in [5, 5.41) is 13.7. The van der Waals surface area contributed by atoms with Crippen LogP contribution >= 0.6 is 0 Å². The summed E-state index contributed by atoms with van der Waals surface area (Å²) in [5.41, 5.74) is 0.939. The van der Waals surface area contributed by atoms with Gasteiger partial charge in [-0.15, -0.1) is 0 Å². The number of hydrogen-bond donors (Lipinski definition) is 2. The predicted octanol–water partition coefficient (Wildman–Crippen LogP) is 3.29. The predicted molar refractivity (Wildman–Crippen MR) is 82.0 cm³/mol. The average Bonchev–Trinajstić information content (AvgIpc) is 2.53. The van der Waals surface area contributed by atoms with Crippen molar-refractivity contribution in [3.05, 3.63) is 29.8 Å². The average molecular weight is 277 g/mol. The monoisotopic (exact) mass is 277 g/mol. The first-order valence-corrected chi connectivity index (χ1v) is 7.76. The molecule has 3 heteroatoms. The molecule has 0 spiro atoms. The summed E-state index contributed by atoms with van der Waals surface area (Å²) in [5.74, 6) is 1.59. The first-order chi connectivity index (χ1) is 9.70. The van der Waals surface area contributed by atoms with E-state index in [1.807, 2.05) is 24.3 Å². The Kier molecular flexibility index (Phi) is 5.86. The molecule has 1 saturated carbocycles. The molecule has 0 bridgehead atoms. The highest BCUT2D eigenvalue weighted by molar-refractivity contribution is 5.28. The van der Waals surface area contributed by atoms with Crippen LogP contribution in [0.4, 0.5) is 0 Å². The Morgan fingerprint density at radius 3 is 2.45 bits per heavy atom. The fraction of sp³-hybridized carbons (Fsp3) is 0.647. The normalized spacial score (nSPS) is 19.6. The van der Waals surface area contributed by atoms with Crippen LogP contribution in [0.15, 0.2) is 24.3 Å². The fourth-order valence-corrected chi connectivity index (χ4v) is 3.04. The number of nitrogens with one attached hydrogen (secondary N) is 1. The van der Waals surface area contributed by atoms with Crippen molar-refractivity contribution in [2.75, 3.05) is 13.7 Å². The maximum atomic E-state index is 10.2. The third-order valence-electron chi connectivity index (χ3n) is 4.49. The van der Waals surface area contributed by atoms with E-state index in [2.05, 4.69) is 12.2 Å². The van der Waals surface area contributed by atoms with E-state index in [0.717, 1.165) is 17.2 Å². The Morgan fingerprint density at radius 2 is 1.85 bits per heavy atom. The highest BCUT2D eigenvalue weighted by Gasteiger charge is 2.20. The summed E-state index contributed by atoms with van der Waals surface area (Å²) >= 11 is 0. The van der Waals surface area contributed by atoms with Gasteiger partial charge in [-0.25, -0.2) is 0 Å². The summed E-state index contributed by atoms with van der Waals surface area (Å²) < 4.78 is 5.13. The lowest BCUT2D eigenvalue weighted by molar-refractivity contribution is 0.161. The third kappa shape index (κ3) is 4.22. The van der Waals surface area contributed by atoms with Crippen LogP contribution in [0.5, 0.6) is 5.75 Å². The lowest BCUT2D eigenvalue weighted by Crippen LogP contribution is -2.37. The second-order valence-electron chi connectivity index (χ2n) is 5.88. The molecule has 0 saturated heterocycles. The molecule has 2 atom stereocenters. The van der Waals surface area contributed by atoms with Crippen LogP contribution in [-0.2, 0) is 0 Å². The van der Waals surface area contributed by atoms with Crippen LogP contribution in [0.2, 0.25) is 0 Å². The smallest absolute Gasteiger partial charge is 0.118 e. The first-order valence-electron chi connectivity index (χ1n) is 7.76. The molecule has 1 aromatic rings. The Hall–Kier alpha value is -1.06. The Bertz CT molecular complexity index is 384. The van der Waals surface area contributed by atoms with Gasteiger partial charge in [0.1, 0.15) is 5.75 Å². The van der Waals surface area contributed by atoms with Gasteiger partial charge in [0.05, 0.1) is 13.2 Å². The van der Waals surface area contributed by atoms with Gasteiger partial charge in [0, 0.05) is 12.6 Å². The van der Waals surface area contributed by atoms with Gasteiger partial charge in [-0.05, 0) is 43.4 Å². The van der Waals surface area contributed by atoms with E-state index >= 15 is 0 Å². The van der Waals surface area contributed by atoms with E-state index in [4.69, 9.17) is 4.74 Å². The van der Waals surface area contributed by atoms with Crippen molar-refractivity contribution in [1.82, 2.24) is 5.32 Å². The van der Waals surface area contributed by atoms with E-state index in [0.29, 0.717) is 12.6 Å². The summed E-state index contributed by atoms with van der Waals surface area (Å²) in [6.07, 6.45) is 6.30. The van der Waals surface area contributed by atoms with E-state index in [1.165, 1.54) is 32.1 Å². The summed E-state index contributed by atoms with van der Waals surface area (Å²) in [6, 6.07) is 8.13. The van der Waals surface area contributed by atoms with Gasteiger partial charge in [-0.3, -0.25) is 0 Å². The maximum Gasteiger partial charge on any atom is 0.118 e. The molecule has 1 aromatic carbocycles. The zero-order valence-corrected chi connectivity index (χ0v) is 12.6. The number of hydrogen-bond acceptors (Lipinski definition) is 3. The Morgan fingerprint density at radius 1 is 1.20 bits per heavy atom. The van der Waals surface area contributed by atoms with Crippen molar-refractivity contribution >= 4 is 0 Å². The zero-order chi connectivity index (χ0) is 14.4. The van der Waals surface area contributed by atoms with E-state index in [-0.39, 0.29) is 0 Å². The first kappa shape index (κ1) is 15.3. The highest BCUT2D eigenvalue weighted by atomic mass is 16.5. The molecule has 112 valence electrons. The lowest BCUT2D eigenvalue weighted by Gasteiger charge is -2.29. The van der Waals surface area contributed by atoms with Gasteiger partial charge < -0.3 is 15.2 Å². The topological polar surface area (TPSA) is 41.5 Å². The molecule has 0 aromatic heterocycles. The standard InChI is InChI=1S/C17H27NO2/c1-13(14-6-4-3-5-7-14)18-12-17(19)15-8-10-16(20-2)11-9-15/h8-11,13-14,17-19H,3-7,12H2,1-2H3/t13-,17?/m1/s1. The molecule has 1 aliphatic carbocycles. The number of aliphatic hydroxyl groups excluding tert-OH is 1. The molecule has 20 heavy (non-hydrogen) atoms. The minimum Gasteiger partial charge on any atom is -0.497 e. The molecule has 2 rings (SSSR count). The molecule has 1 unspecified atom stereocenters. The van der Waals surface area contributed by atoms with Gasteiger partial charge in [-0.2, -0.15) is 0 Å². The van der Waals surface area contributed by atoms with Crippen molar-refractivity contribution in [3.8, 4) is 5.75 Å². The van der Waals surface area contributed by atoms with E-state index in [1.54, 1.807) is 7.11 Å². The molecule has 2 N–H and O–H groups in total. The van der Waals surface area contributed by atoms with Gasteiger partial charge in [-0.1, -0.05) is 31.4 Å². The van der Waals surface area contributed by atoms with Crippen LogP contribution in [0.3, 0.4) is 0 Å². The second-order valence-corrected chi connectivity index (χ2v) is 5.88. The van der Waals surface area contributed by atoms with Gasteiger partial charge in [0.2, 0.25) is 0 Å². The summed E-state index contributed by atoms with van der Waals surface area (Å²) in [4.78, 5) is 0. The molecule has 3 nitrogen and oxygen atoms in total. The van der Waals surface area contributed by atoms with Crippen LogP contribution in [-0.4, -0.2) is 24.8 Å². The quantitative estimate of drug-likeness (QED) is 0.838. The molecule has 0 aliphatic heterocycles. The molecule has 0 amide bonds. The van der Waals surface area contributed by atoms with Gasteiger partial charge >= 0.3 is 0 Å². The molecule has 1 fully saturated rings. The van der Waals surface area contributed by atoms with Crippen LogP contribution in [0.1, 0.15) is 50.7 Å². The SMILES string of the molecule is COc1ccc(C(O)CN[C@H](C)C2CCCCC2)cc1. The minimum absolute atomic E-state index is 0.452. The molecular formula is C17H27NO2. The number of ether oxygens (including phenoxy) is 1. The molecule has 0 radical (unpaired) electrons. The Labute approximate surface area is 122 Å². The molecule has 1 aliphatic rings. The number of aliphatic hydroxyl groups is 1. The van der Waals surface area contributed by atoms with Crippen LogP contribution < -0.4 is 10.1 Å². The highest BCUT2D eigenvalue weighted by Crippen LogP contribution is 2.26. The van der Waals surface area contributed by atoms with Gasteiger partial charge in [0.25, 0.3) is 0 Å². The van der Waals surface area contributed by atoms with Gasteiger partial charge in [0.15, 0.2) is 0 Å². The molecule has 0 heterocycles. The Balaban J connectivity index is 1.79. The van der Waals surface area contributed by atoms with Crippen LogP contribution in [0.25, 0.3) is 0 Å². The van der Waals surface area contributed by atoms with Crippen molar-refractivity contribution < 1.29 is 9.84 Å². The zero-order valence-electron chi connectivity index (χ0n) is 12.6. The van der Waals surface area contributed by atoms with Crippen molar-refractivity contribution in [1.29, 1.82) is 0 Å². The number of rotatable bonds is 6. The third-order valence-corrected chi connectivity index (χ3v) is 4.49. The molecular weight excluding hydrogens is 250 g/mol. The lowest BCUT2D eigenvalue weighted by atomic mass is 9.84. The number of benzene rings is 1. The van der Waals surface area contributed by atoms with E-state index in [9.17, 15) is 5.11 Å².